The molecule has 0 fully saturated rings. The third-order valence-corrected chi connectivity index (χ3v) is 10.3. The minimum absolute atomic E-state index is 0.991. The van der Waals surface area contributed by atoms with Gasteiger partial charge < -0.3 is 0 Å². The highest BCUT2D eigenvalue weighted by Gasteiger charge is 2.34. The predicted octanol–water partition coefficient (Wildman–Crippen LogP) is 11.4. The molecule has 0 saturated carbocycles. The van der Waals surface area contributed by atoms with E-state index in [2.05, 4.69) is 146 Å². The van der Waals surface area contributed by atoms with Gasteiger partial charge in [-0.2, -0.15) is 0 Å². The van der Waals surface area contributed by atoms with E-state index in [1.807, 2.05) is 0 Å². The smallest absolute Gasteiger partial charge is 0.000683 e. The molecule has 0 unspecified atom stereocenters. The first kappa shape index (κ1) is 24.9. The van der Waals surface area contributed by atoms with Crippen LogP contribution in [0.1, 0.15) is 66.8 Å². The van der Waals surface area contributed by atoms with E-state index in [-0.39, 0.29) is 0 Å². The summed E-state index contributed by atoms with van der Waals surface area (Å²) in [6.07, 6.45) is 16.9. The Balaban J connectivity index is 1.24. The fourth-order valence-corrected chi connectivity index (χ4v) is 8.35. The average Bonchev–Trinajstić information content (AvgIpc) is 3.78. The van der Waals surface area contributed by atoms with Crippen LogP contribution in [-0.2, 0) is 19.3 Å². The maximum Gasteiger partial charge on any atom is -0.000683 e. The van der Waals surface area contributed by atoms with Crippen LogP contribution in [0.15, 0.2) is 109 Å². The first-order chi connectivity index (χ1) is 22.3. The van der Waals surface area contributed by atoms with Crippen LogP contribution in [0, 0.1) is 0 Å². The Bertz CT molecular complexity index is 2150. The van der Waals surface area contributed by atoms with Crippen molar-refractivity contribution in [3.63, 3.8) is 0 Å². The second kappa shape index (κ2) is 9.52. The molecule has 0 amide bonds. The molecule has 0 nitrogen and oxygen atoms in total. The lowest BCUT2D eigenvalue weighted by atomic mass is 9.91. The quantitative estimate of drug-likeness (QED) is 0.138. The zero-order valence-corrected chi connectivity index (χ0v) is 25.0. The molecule has 0 heteroatoms. The van der Waals surface area contributed by atoms with Crippen LogP contribution in [0.4, 0.5) is 0 Å². The first-order valence-corrected chi connectivity index (χ1v) is 16.1. The standard InChI is InChI=1S/C45H30/c1-4-10-28(11-5-1)16-19-31-22-34-26-38-33(21-18-30-14-8-3-9-15-30)24-36-27-39-32(20-17-29-12-6-2-7-13-29)23-35-25-37(31)43-40(34)44(38)42(36)45(39)41(35)43/h1-24H,25-27H2/b19-16+,20-17+,21-18+. The van der Waals surface area contributed by atoms with Crippen molar-refractivity contribution >= 4 is 68.8 Å². The highest BCUT2D eigenvalue weighted by Crippen LogP contribution is 2.55. The normalized spacial score (nSPS) is 14.1. The largest absolute Gasteiger partial charge is 0.0622 e. The van der Waals surface area contributed by atoms with Crippen molar-refractivity contribution in [2.45, 2.75) is 19.3 Å². The molecule has 0 N–H and O–H groups in total. The van der Waals surface area contributed by atoms with Crippen molar-refractivity contribution in [3.05, 3.63) is 176 Å². The second-order valence-electron chi connectivity index (χ2n) is 12.8. The summed E-state index contributed by atoms with van der Waals surface area (Å²) in [4.78, 5) is 0. The zero-order valence-electron chi connectivity index (χ0n) is 25.0. The maximum absolute atomic E-state index is 2.51. The van der Waals surface area contributed by atoms with E-state index in [0.717, 1.165) is 19.3 Å². The SMILES string of the molecule is C(=C\c1cc2c3c4c1Cc1cc(/C=C/c5ccccc5)c5c(c14)c1c(cc(/C=C/c4ccccc4)c(c31)C2)C5)/c1ccccc1. The van der Waals surface area contributed by atoms with Crippen LogP contribution < -0.4 is 0 Å². The Morgan fingerprint density at radius 2 is 0.600 bits per heavy atom. The van der Waals surface area contributed by atoms with E-state index in [0.29, 0.717) is 0 Å². The molecule has 0 aromatic heterocycles. The number of hydrogen-bond acceptors (Lipinski definition) is 0. The fourth-order valence-electron chi connectivity index (χ4n) is 8.35. The van der Waals surface area contributed by atoms with E-state index < -0.39 is 0 Å². The summed E-state index contributed by atoms with van der Waals surface area (Å²) in [5.74, 6) is 0. The molecule has 210 valence electrons. The van der Waals surface area contributed by atoms with E-state index in [9.17, 15) is 0 Å². The van der Waals surface area contributed by atoms with Crippen LogP contribution in [-0.4, -0.2) is 0 Å². The van der Waals surface area contributed by atoms with Crippen molar-refractivity contribution < 1.29 is 0 Å². The average molecular weight is 571 g/mol. The molecule has 0 radical (unpaired) electrons. The molecule has 3 aliphatic rings. The highest BCUT2D eigenvalue weighted by atomic mass is 14.4. The molecule has 0 spiro atoms. The van der Waals surface area contributed by atoms with Gasteiger partial charge in [0, 0.05) is 0 Å². The second-order valence-corrected chi connectivity index (χ2v) is 12.8. The van der Waals surface area contributed by atoms with E-state index in [4.69, 9.17) is 0 Å². The van der Waals surface area contributed by atoms with Gasteiger partial charge in [0.15, 0.2) is 0 Å². The number of hydrogen-bond donors (Lipinski definition) is 0. The van der Waals surface area contributed by atoms with Gasteiger partial charge in [-0.15, -0.1) is 0 Å². The third kappa shape index (κ3) is 3.72. The molecule has 45 heavy (non-hydrogen) atoms. The number of rotatable bonds is 6. The zero-order chi connectivity index (χ0) is 29.5. The molecular formula is C45H30. The van der Waals surface area contributed by atoms with Crippen molar-refractivity contribution in [1.82, 2.24) is 0 Å². The van der Waals surface area contributed by atoms with Crippen LogP contribution in [0.2, 0.25) is 0 Å². The van der Waals surface area contributed by atoms with Gasteiger partial charge in [-0.1, -0.05) is 146 Å². The van der Waals surface area contributed by atoms with Gasteiger partial charge >= 0.3 is 0 Å². The number of benzene rings is 7. The van der Waals surface area contributed by atoms with Gasteiger partial charge in [0.05, 0.1) is 0 Å². The van der Waals surface area contributed by atoms with Crippen molar-refractivity contribution in [2.24, 2.45) is 0 Å². The summed E-state index contributed by atoms with van der Waals surface area (Å²) in [5.41, 5.74) is 16.8. The molecule has 0 heterocycles. The Hall–Kier alpha value is -5.46. The van der Waals surface area contributed by atoms with Gasteiger partial charge in [-0.3, -0.25) is 0 Å². The van der Waals surface area contributed by atoms with Gasteiger partial charge in [0.1, 0.15) is 0 Å². The van der Waals surface area contributed by atoms with Gasteiger partial charge in [-0.05, 0) is 118 Å². The monoisotopic (exact) mass is 570 g/mol. The Kier molecular flexibility index (Phi) is 5.27. The Labute approximate surface area is 263 Å². The summed E-state index contributed by atoms with van der Waals surface area (Å²) in [6.45, 7) is 0. The third-order valence-electron chi connectivity index (χ3n) is 10.3. The molecule has 7 aromatic carbocycles. The fraction of sp³-hybridized carbons (Fsp3) is 0.0667. The van der Waals surface area contributed by atoms with Gasteiger partial charge in [-0.25, -0.2) is 0 Å². The lowest BCUT2D eigenvalue weighted by molar-refractivity contribution is 1.23. The molecule has 0 aliphatic heterocycles. The van der Waals surface area contributed by atoms with Crippen molar-refractivity contribution in [1.29, 1.82) is 0 Å². The molecule has 7 aromatic rings. The summed E-state index contributed by atoms with van der Waals surface area (Å²) in [5, 5.41) is 9.13. The summed E-state index contributed by atoms with van der Waals surface area (Å²) in [6, 6.07) is 39.6. The van der Waals surface area contributed by atoms with Crippen LogP contribution in [0.3, 0.4) is 0 Å². The topological polar surface area (TPSA) is 0 Å². The summed E-state index contributed by atoms with van der Waals surface area (Å²) < 4.78 is 0. The predicted molar refractivity (Wildman–Crippen MR) is 193 cm³/mol. The minimum Gasteiger partial charge on any atom is -0.0622 e. The molecule has 0 atom stereocenters. The summed E-state index contributed by atoms with van der Waals surface area (Å²) in [7, 11) is 0. The van der Waals surface area contributed by atoms with E-state index in [1.54, 1.807) is 0 Å². The van der Waals surface area contributed by atoms with Crippen molar-refractivity contribution in [2.75, 3.05) is 0 Å². The minimum atomic E-state index is 0.991. The van der Waals surface area contributed by atoms with E-state index in [1.165, 1.54) is 99.1 Å². The lowest BCUT2D eigenvalue weighted by Gasteiger charge is -2.12. The molecule has 0 bridgehead atoms. The van der Waals surface area contributed by atoms with Crippen LogP contribution in [0.5, 0.6) is 0 Å². The van der Waals surface area contributed by atoms with Crippen LogP contribution >= 0.6 is 0 Å². The maximum atomic E-state index is 2.51. The first-order valence-electron chi connectivity index (χ1n) is 16.1. The van der Waals surface area contributed by atoms with Gasteiger partial charge in [0.2, 0.25) is 0 Å². The van der Waals surface area contributed by atoms with E-state index >= 15 is 0 Å². The van der Waals surface area contributed by atoms with Crippen molar-refractivity contribution in [3.8, 4) is 0 Å². The Morgan fingerprint density at radius 1 is 0.311 bits per heavy atom. The highest BCUT2D eigenvalue weighted by molar-refractivity contribution is 6.34. The Morgan fingerprint density at radius 3 is 0.889 bits per heavy atom. The molecular weight excluding hydrogens is 540 g/mol. The molecule has 0 saturated heterocycles. The van der Waals surface area contributed by atoms with Gasteiger partial charge in [0.25, 0.3) is 0 Å². The molecule has 3 aliphatic carbocycles. The van der Waals surface area contributed by atoms with Crippen LogP contribution in [0.25, 0.3) is 68.8 Å². The lowest BCUT2D eigenvalue weighted by Crippen LogP contribution is -1.91. The summed E-state index contributed by atoms with van der Waals surface area (Å²) >= 11 is 0. The molecule has 10 rings (SSSR count).